The number of hydrogen-bond acceptors (Lipinski definition) is 2. The van der Waals surface area contributed by atoms with Gasteiger partial charge >= 0.3 is 0 Å². The second kappa shape index (κ2) is 9.17. The Morgan fingerprint density at radius 1 is 1.07 bits per heavy atom. The summed E-state index contributed by atoms with van der Waals surface area (Å²) < 4.78 is 5.33. The van der Waals surface area contributed by atoms with Crippen molar-refractivity contribution in [3.63, 3.8) is 0 Å². The molecule has 0 aromatic rings. The van der Waals surface area contributed by atoms with E-state index in [2.05, 4.69) is 19.2 Å². The molecule has 1 spiro atoms. The number of ether oxygens (including phenoxy) is 1. The van der Waals surface area contributed by atoms with Gasteiger partial charge in [-0.3, -0.25) is 0 Å². The second-order valence-electron chi connectivity index (χ2n) is 4.25. The molecule has 0 unspecified atom stereocenters. The Morgan fingerprint density at radius 3 is 2.00 bits per heavy atom. The monoisotopic (exact) mass is 215 g/mol. The van der Waals surface area contributed by atoms with Gasteiger partial charge in [-0.15, -0.1) is 0 Å². The lowest BCUT2D eigenvalue weighted by molar-refractivity contribution is 0.0246. The maximum absolute atomic E-state index is 5.33. The van der Waals surface area contributed by atoms with Crippen LogP contribution in [0.2, 0.25) is 0 Å². The predicted molar refractivity (Wildman–Crippen MR) is 67.3 cm³/mol. The van der Waals surface area contributed by atoms with Crippen molar-refractivity contribution in [3.05, 3.63) is 0 Å². The van der Waals surface area contributed by atoms with Crippen molar-refractivity contribution in [3.8, 4) is 0 Å². The van der Waals surface area contributed by atoms with Crippen LogP contribution in [-0.2, 0) is 4.74 Å². The highest BCUT2D eigenvalue weighted by Gasteiger charge is 2.34. The van der Waals surface area contributed by atoms with Crippen molar-refractivity contribution < 1.29 is 4.74 Å². The molecule has 2 saturated heterocycles. The van der Waals surface area contributed by atoms with Crippen LogP contribution in [0.4, 0.5) is 0 Å². The lowest BCUT2D eigenvalue weighted by atomic mass is 9.80. The normalized spacial score (nSPS) is 22.4. The van der Waals surface area contributed by atoms with Crippen molar-refractivity contribution in [1.29, 1.82) is 0 Å². The first-order valence-corrected chi connectivity index (χ1v) is 6.61. The van der Waals surface area contributed by atoms with E-state index in [1.165, 1.54) is 38.8 Å². The predicted octanol–water partition coefficient (Wildman–Crippen LogP) is 3.22. The highest BCUT2D eigenvalue weighted by Crippen LogP contribution is 2.35. The Balaban J connectivity index is 0.000000342. The fourth-order valence-corrected chi connectivity index (χ4v) is 2.03. The minimum Gasteiger partial charge on any atom is -0.381 e. The molecule has 0 aromatic carbocycles. The minimum atomic E-state index is 0.637. The van der Waals surface area contributed by atoms with E-state index < -0.39 is 0 Å². The van der Waals surface area contributed by atoms with E-state index in [1.54, 1.807) is 0 Å². The molecule has 15 heavy (non-hydrogen) atoms. The molecular formula is C13H29NO. The summed E-state index contributed by atoms with van der Waals surface area (Å²) in [6, 6.07) is 0. The molecule has 0 bridgehead atoms. The molecule has 2 heterocycles. The molecule has 2 fully saturated rings. The fourth-order valence-electron chi connectivity index (χ4n) is 2.03. The van der Waals surface area contributed by atoms with E-state index in [4.69, 9.17) is 4.74 Å². The van der Waals surface area contributed by atoms with Crippen molar-refractivity contribution in [1.82, 2.24) is 5.32 Å². The maximum Gasteiger partial charge on any atom is 0.0471 e. The SMILES string of the molecule is C1CC2(CCOCC2)CN1.CC.CCC. The second-order valence-corrected chi connectivity index (χ2v) is 4.25. The molecule has 92 valence electrons. The molecule has 2 aliphatic heterocycles. The molecule has 0 saturated carbocycles. The Bertz CT molecular complexity index is 122. The van der Waals surface area contributed by atoms with E-state index in [9.17, 15) is 0 Å². The quantitative estimate of drug-likeness (QED) is 0.670. The molecule has 0 aliphatic carbocycles. The Labute approximate surface area is 95.8 Å². The topological polar surface area (TPSA) is 21.3 Å². The zero-order chi connectivity index (χ0) is 11.6. The summed E-state index contributed by atoms with van der Waals surface area (Å²) in [5.74, 6) is 0. The van der Waals surface area contributed by atoms with Crippen molar-refractivity contribution >= 4 is 0 Å². The maximum atomic E-state index is 5.33. The van der Waals surface area contributed by atoms with Gasteiger partial charge in [0.25, 0.3) is 0 Å². The van der Waals surface area contributed by atoms with Crippen LogP contribution in [0.25, 0.3) is 0 Å². The van der Waals surface area contributed by atoms with Crippen LogP contribution < -0.4 is 5.32 Å². The first-order chi connectivity index (χ1) is 7.33. The van der Waals surface area contributed by atoms with Gasteiger partial charge in [-0.05, 0) is 31.2 Å². The zero-order valence-electron chi connectivity index (χ0n) is 11.1. The van der Waals surface area contributed by atoms with Gasteiger partial charge in [0.1, 0.15) is 0 Å². The third-order valence-corrected chi connectivity index (χ3v) is 2.89. The standard InChI is InChI=1S/C8H15NO.C3H8.C2H6/c1-4-9-7-8(1)2-5-10-6-3-8;1-3-2;1-2/h9H,1-7H2;3H2,1-2H3;1-2H3. The summed E-state index contributed by atoms with van der Waals surface area (Å²) in [7, 11) is 0. The highest BCUT2D eigenvalue weighted by atomic mass is 16.5. The summed E-state index contributed by atoms with van der Waals surface area (Å²) in [5.41, 5.74) is 0.637. The lowest BCUT2D eigenvalue weighted by Crippen LogP contribution is -2.31. The fraction of sp³-hybridized carbons (Fsp3) is 1.00. The summed E-state index contributed by atoms with van der Waals surface area (Å²) in [6.07, 6.45) is 5.18. The van der Waals surface area contributed by atoms with E-state index in [-0.39, 0.29) is 0 Å². The highest BCUT2D eigenvalue weighted by molar-refractivity contribution is 4.89. The molecule has 1 N–H and O–H groups in total. The van der Waals surface area contributed by atoms with Crippen molar-refractivity contribution in [2.24, 2.45) is 5.41 Å². The van der Waals surface area contributed by atoms with E-state index in [0.717, 1.165) is 13.2 Å². The smallest absolute Gasteiger partial charge is 0.0471 e. The van der Waals surface area contributed by atoms with Gasteiger partial charge in [-0.1, -0.05) is 34.1 Å². The summed E-state index contributed by atoms with van der Waals surface area (Å²) >= 11 is 0. The molecule has 2 rings (SSSR count). The van der Waals surface area contributed by atoms with E-state index in [1.807, 2.05) is 13.8 Å². The van der Waals surface area contributed by atoms with Gasteiger partial charge in [0.05, 0.1) is 0 Å². The molecule has 0 atom stereocenters. The van der Waals surface area contributed by atoms with Crippen LogP contribution in [-0.4, -0.2) is 26.3 Å². The van der Waals surface area contributed by atoms with Crippen molar-refractivity contribution in [2.45, 2.75) is 53.4 Å². The first-order valence-electron chi connectivity index (χ1n) is 6.61. The average Bonchev–Trinajstić information content (AvgIpc) is 2.72. The number of rotatable bonds is 0. The number of nitrogens with one attached hydrogen (secondary N) is 1. The van der Waals surface area contributed by atoms with Gasteiger partial charge in [-0.2, -0.15) is 0 Å². The molecule has 0 aromatic heterocycles. The van der Waals surface area contributed by atoms with E-state index >= 15 is 0 Å². The van der Waals surface area contributed by atoms with Gasteiger partial charge in [0.15, 0.2) is 0 Å². The molecule has 2 nitrogen and oxygen atoms in total. The lowest BCUT2D eigenvalue weighted by Gasteiger charge is -2.32. The van der Waals surface area contributed by atoms with Crippen molar-refractivity contribution in [2.75, 3.05) is 26.3 Å². The molecular weight excluding hydrogens is 186 g/mol. The molecule has 2 aliphatic rings. The largest absolute Gasteiger partial charge is 0.381 e. The van der Waals surface area contributed by atoms with Gasteiger partial charge in [0.2, 0.25) is 0 Å². The minimum absolute atomic E-state index is 0.637. The molecule has 2 heteroatoms. The van der Waals surface area contributed by atoms with Crippen LogP contribution in [0.5, 0.6) is 0 Å². The molecule has 0 amide bonds. The third-order valence-electron chi connectivity index (χ3n) is 2.89. The average molecular weight is 215 g/mol. The Kier molecular flexibility index (Phi) is 9.12. The van der Waals surface area contributed by atoms with Crippen LogP contribution in [0.1, 0.15) is 53.4 Å². The summed E-state index contributed by atoms with van der Waals surface area (Å²) in [5, 5.41) is 3.43. The van der Waals surface area contributed by atoms with E-state index in [0.29, 0.717) is 5.41 Å². The van der Waals surface area contributed by atoms with Crippen LogP contribution >= 0.6 is 0 Å². The zero-order valence-corrected chi connectivity index (χ0v) is 11.1. The van der Waals surface area contributed by atoms with Gasteiger partial charge in [0, 0.05) is 19.8 Å². The Hall–Kier alpha value is -0.0800. The van der Waals surface area contributed by atoms with Gasteiger partial charge in [-0.25, -0.2) is 0 Å². The van der Waals surface area contributed by atoms with Crippen LogP contribution in [0.3, 0.4) is 0 Å². The van der Waals surface area contributed by atoms with Gasteiger partial charge < -0.3 is 10.1 Å². The van der Waals surface area contributed by atoms with Crippen LogP contribution in [0.15, 0.2) is 0 Å². The van der Waals surface area contributed by atoms with Crippen LogP contribution in [0, 0.1) is 5.41 Å². The summed E-state index contributed by atoms with van der Waals surface area (Å²) in [4.78, 5) is 0. The first kappa shape index (κ1) is 14.9. The third kappa shape index (κ3) is 5.53. The Morgan fingerprint density at radius 2 is 1.60 bits per heavy atom. The molecule has 0 radical (unpaired) electrons. The number of hydrogen-bond donors (Lipinski definition) is 1. The summed E-state index contributed by atoms with van der Waals surface area (Å²) in [6.45, 7) is 12.7.